The maximum atomic E-state index is 13.7. The second-order valence-electron chi connectivity index (χ2n) is 8.65. The number of hydrogen-bond acceptors (Lipinski definition) is 6. The van der Waals surface area contributed by atoms with Crippen molar-refractivity contribution < 1.29 is 9.59 Å². The lowest BCUT2D eigenvalue weighted by Gasteiger charge is -2.34. The van der Waals surface area contributed by atoms with E-state index in [1.54, 1.807) is 17.3 Å². The van der Waals surface area contributed by atoms with Crippen LogP contribution in [0.5, 0.6) is 0 Å². The predicted molar refractivity (Wildman–Crippen MR) is 139 cm³/mol. The molecule has 6 rings (SSSR count). The van der Waals surface area contributed by atoms with Crippen molar-refractivity contribution in [1.82, 2.24) is 19.9 Å². The Balaban J connectivity index is 1.27. The Morgan fingerprint density at radius 3 is 2.91 bits per heavy atom. The Kier molecular flexibility index (Phi) is 5.58. The fraction of sp³-hybridized carbons (Fsp3) is 0.185. The van der Waals surface area contributed by atoms with Crippen molar-refractivity contribution in [1.29, 1.82) is 0 Å². The normalized spacial score (nSPS) is 17.6. The number of hydrogen-bond donors (Lipinski definition) is 2. The Hall–Kier alpha value is -3.91. The number of amides is 1. The highest BCUT2D eigenvalue weighted by Gasteiger charge is 2.34. The highest BCUT2D eigenvalue weighted by atomic mass is 32.2. The van der Waals surface area contributed by atoms with Crippen LogP contribution in [0, 0.1) is 0 Å². The van der Waals surface area contributed by atoms with Gasteiger partial charge in [0.1, 0.15) is 6.29 Å². The van der Waals surface area contributed by atoms with Gasteiger partial charge in [-0.15, -0.1) is 11.8 Å². The number of nitrogens with zero attached hydrogens (tertiary/aromatic N) is 3. The minimum Gasteiger partial charge on any atom is -0.381 e. The molecular weight excluding hydrogens is 458 g/mol. The maximum Gasteiger partial charge on any atom is 0.261 e. The number of thioether (sulfide) groups is 1. The van der Waals surface area contributed by atoms with Crippen LogP contribution < -0.4 is 5.32 Å². The molecule has 0 saturated carbocycles. The van der Waals surface area contributed by atoms with E-state index in [-0.39, 0.29) is 5.91 Å². The van der Waals surface area contributed by atoms with Gasteiger partial charge in [0.2, 0.25) is 0 Å². The van der Waals surface area contributed by atoms with Crippen molar-refractivity contribution in [3.05, 3.63) is 88.7 Å². The van der Waals surface area contributed by atoms with Crippen molar-refractivity contribution in [2.75, 3.05) is 17.6 Å². The van der Waals surface area contributed by atoms with Crippen LogP contribution in [0.1, 0.15) is 11.3 Å². The molecule has 2 aliphatic heterocycles. The minimum absolute atomic E-state index is 0.0954. The molecule has 0 spiro atoms. The van der Waals surface area contributed by atoms with Crippen molar-refractivity contribution in [3.8, 4) is 0 Å². The fourth-order valence-corrected chi connectivity index (χ4v) is 5.73. The highest BCUT2D eigenvalue weighted by molar-refractivity contribution is 8.04. The number of carbonyl (C=O) groups is 2. The molecular formula is C27H23N5O2S. The van der Waals surface area contributed by atoms with Gasteiger partial charge in [0.05, 0.1) is 28.5 Å². The van der Waals surface area contributed by atoms with Crippen molar-refractivity contribution in [2.45, 2.75) is 19.0 Å². The van der Waals surface area contributed by atoms with E-state index in [1.807, 2.05) is 42.5 Å². The number of fused-ring (bicyclic) bond motifs is 4. The highest BCUT2D eigenvalue weighted by Crippen LogP contribution is 2.34. The van der Waals surface area contributed by atoms with Crippen LogP contribution in [0.15, 0.2) is 77.5 Å². The summed E-state index contributed by atoms with van der Waals surface area (Å²) in [5.74, 6) is 0.634. The lowest BCUT2D eigenvalue weighted by molar-refractivity contribution is -0.133. The van der Waals surface area contributed by atoms with E-state index in [1.165, 1.54) is 11.8 Å². The van der Waals surface area contributed by atoms with Gasteiger partial charge in [-0.25, -0.2) is 0 Å². The zero-order valence-corrected chi connectivity index (χ0v) is 19.7. The quantitative estimate of drug-likeness (QED) is 0.415. The van der Waals surface area contributed by atoms with Crippen LogP contribution >= 0.6 is 11.8 Å². The molecule has 1 amide bonds. The molecule has 0 saturated heterocycles. The molecule has 2 aromatic heterocycles. The number of H-pyrrole nitrogens is 1. The number of aromatic amines is 1. The molecule has 4 aromatic rings. The standard InChI is InChI=1S/C27H23N5O2S/c33-16-19-13-21-20-5-1-2-6-22(20)31-25(21)15-32(19)27(34)26-17(4-3-11-35-26)14-30-18-7-8-23-24(12-18)29-10-9-28-23/h1-10,12,16,19,30-31H,11,13-15H2. The third-order valence-electron chi connectivity index (χ3n) is 6.54. The van der Waals surface area contributed by atoms with Crippen LogP contribution in [0.4, 0.5) is 5.69 Å². The molecule has 0 aliphatic carbocycles. The number of carbonyl (C=O) groups excluding carboxylic acids is 2. The lowest BCUT2D eigenvalue weighted by atomic mass is 9.97. The van der Waals surface area contributed by atoms with Gasteiger partial charge in [0.25, 0.3) is 5.91 Å². The maximum absolute atomic E-state index is 13.7. The van der Waals surface area contributed by atoms with Gasteiger partial charge < -0.3 is 20.0 Å². The van der Waals surface area contributed by atoms with E-state index in [2.05, 4.69) is 32.4 Å². The van der Waals surface area contributed by atoms with Gasteiger partial charge in [-0.3, -0.25) is 14.8 Å². The Bertz CT molecular complexity index is 1520. The molecule has 35 heavy (non-hydrogen) atoms. The third kappa shape index (κ3) is 4.00. The van der Waals surface area contributed by atoms with E-state index in [0.29, 0.717) is 24.4 Å². The number of anilines is 1. The molecule has 1 atom stereocenters. The fourth-order valence-electron chi connectivity index (χ4n) is 4.80. The number of para-hydroxylation sites is 1. The molecule has 2 aromatic carbocycles. The second kappa shape index (κ2) is 9.03. The molecule has 0 fully saturated rings. The summed E-state index contributed by atoms with van der Waals surface area (Å²) in [6, 6.07) is 13.4. The van der Waals surface area contributed by atoms with Crippen LogP contribution in [-0.2, 0) is 22.6 Å². The molecule has 0 radical (unpaired) electrons. The van der Waals surface area contributed by atoms with Crippen LogP contribution in [0.25, 0.3) is 21.9 Å². The van der Waals surface area contributed by atoms with Gasteiger partial charge >= 0.3 is 0 Å². The van der Waals surface area contributed by atoms with Gasteiger partial charge in [-0.05, 0) is 35.4 Å². The van der Waals surface area contributed by atoms with Gasteiger partial charge in [0, 0.05) is 53.4 Å². The molecule has 7 nitrogen and oxygen atoms in total. The molecule has 8 heteroatoms. The summed E-state index contributed by atoms with van der Waals surface area (Å²) in [6.07, 6.45) is 8.84. The first-order valence-corrected chi connectivity index (χ1v) is 12.5. The summed E-state index contributed by atoms with van der Waals surface area (Å²) in [4.78, 5) is 40.3. The number of aromatic nitrogens is 3. The molecule has 2 N–H and O–H groups in total. The minimum atomic E-state index is -0.485. The number of nitrogens with one attached hydrogen (secondary N) is 2. The Labute approximate surface area is 206 Å². The number of aldehydes is 1. The van der Waals surface area contributed by atoms with Crippen LogP contribution in [0.2, 0.25) is 0 Å². The zero-order chi connectivity index (χ0) is 23.8. The topological polar surface area (TPSA) is 91.0 Å². The zero-order valence-electron chi connectivity index (χ0n) is 18.9. The van der Waals surface area contributed by atoms with E-state index in [9.17, 15) is 9.59 Å². The van der Waals surface area contributed by atoms with Gasteiger partial charge in [-0.2, -0.15) is 0 Å². The van der Waals surface area contributed by atoms with E-state index in [4.69, 9.17) is 0 Å². The second-order valence-corrected chi connectivity index (χ2v) is 9.68. The Morgan fingerprint density at radius 2 is 2.03 bits per heavy atom. The third-order valence-corrected chi connectivity index (χ3v) is 7.63. The van der Waals surface area contributed by atoms with Crippen molar-refractivity contribution in [2.24, 2.45) is 0 Å². The van der Waals surface area contributed by atoms with E-state index in [0.717, 1.165) is 56.5 Å². The molecule has 1 unspecified atom stereocenters. The Morgan fingerprint density at radius 1 is 1.17 bits per heavy atom. The number of rotatable bonds is 5. The summed E-state index contributed by atoms with van der Waals surface area (Å²) < 4.78 is 0. The molecule has 0 bridgehead atoms. The first kappa shape index (κ1) is 21.6. The van der Waals surface area contributed by atoms with Crippen LogP contribution in [0.3, 0.4) is 0 Å². The first-order valence-electron chi connectivity index (χ1n) is 11.5. The first-order chi connectivity index (χ1) is 17.2. The van der Waals surface area contributed by atoms with E-state index >= 15 is 0 Å². The van der Waals surface area contributed by atoms with Crippen LogP contribution in [-0.4, -0.2) is 50.4 Å². The molecule has 2 aliphatic rings. The monoisotopic (exact) mass is 481 g/mol. The molecule has 174 valence electrons. The number of benzene rings is 2. The van der Waals surface area contributed by atoms with Crippen molar-refractivity contribution >= 4 is 51.6 Å². The predicted octanol–water partition coefficient (Wildman–Crippen LogP) is 4.23. The summed E-state index contributed by atoms with van der Waals surface area (Å²) in [6.45, 7) is 0.887. The SMILES string of the molecule is O=CC1Cc2c([nH]c3ccccc23)CN1C(=O)C1=C(CNc2ccc3nccnc3c2)C=CCS1. The largest absolute Gasteiger partial charge is 0.381 e. The average Bonchev–Trinajstić information content (AvgIpc) is 3.28. The van der Waals surface area contributed by atoms with E-state index < -0.39 is 6.04 Å². The van der Waals surface area contributed by atoms with Crippen molar-refractivity contribution in [3.63, 3.8) is 0 Å². The lowest BCUT2D eigenvalue weighted by Crippen LogP contribution is -2.45. The molecule has 4 heterocycles. The summed E-state index contributed by atoms with van der Waals surface area (Å²) in [5, 5.41) is 4.54. The summed E-state index contributed by atoms with van der Waals surface area (Å²) in [7, 11) is 0. The smallest absolute Gasteiger partial charge is 0.261 e. The summed E-state index contributed by atoms with van der Waals surface area (Å²) >= 11 is 1.52. The van der Waals surface area contributed by atoms with Gasteiger partial charge in [0.15, 0.2) is 0 Å². The van der Waals surface area contributed by atoms with Gasteiger partial charge in [-0.1, -0.05) is 30.4 Å². The average molecular weight is 482 g/mol. The summed E-state index contributed by atoms with van der Waals surface area (Å²) in [5.41, 5.74) is 6.65.